The number of primary amides is 1. The van der Waals surface area contributed by atoms with E-state index >= 15 is 0 Å². The van der Waals surface area contributed by atoms with Crippen molar-refractivity contribution in [2.75, 3.05) is 0 Å². The number of rotatable bonds is 3. The Morgan fingerprint density at radius 3 is 2.15 bits per heavy atom. The molecule has 0 saturated heterocycles. The number of phenolic OH excluding ortho intramolecular Hbond substituents is 1. The highest BCUT2D eigenvalue weighted by molar-refractivity contribution is 6.13. The predicted octanol–water partition coefficient (Wildman–Crippen LogP) is 4.37. The summed E-state index contributed by atoms with van der Waals surface area (Å²) in [6.07, 6.45) is 0. The van der Waals surface area contributed by atoms with Crippen molar-refractivity contribution in [2.45, 2.75) is 0 Å². The van der Waals surface area contributed by atoms with E-state index < -0.39 is 5.91 Å². The minimum atomic E-state index is -0.510. The Labute approximate surface area is 150 Å². The van der Waals surface area contributed by atoms with Crippen LogP contribution >= 0.6 is 0 Å². The van der Waals surface area contributed by atoms with E-state index in [2.05, 4.69) is 0 Å². The van der Waals surface area contributed by atoms with Crippen LogP contribution in [0.3, 0.4) is 0 Å². The summed E-state index contributed by atoms with van der Waals surface area (Å²) < 4.78 is 0. The number of carbonyl (C=O) groups is 1. The first-order valence-electron chi connectivity index (χ1n) is 8.22. The van der Waals surface area contributed by atoms with Crippen molar-refractivity contribution in [3.05, 3.63) is 84.4 Å². The number of phenols is 1. The van der Waals surface area contributed by atoms with E-state index in [1.54, 1.807) is 24.3 Å². The molecule has 26 heavy (non-hydrogen) atoms. The quantitative estimate of drug-likeness (QED) is 0.581. The second kappa shape index (κ2) is 6.33. The highest BCUT2D eigenvalue weighted by Crippen LogP contribution is 2.37. The van der Waals surface area contributed by atoms with E-state index in [1.165, 1.54) is 0 Å². The fourth-order valence-corrected chi connectivity index (χ4v) is 3.18. The number of amides is 1. The summed E-state index contributed by atoms with van der Waals surface area (Å²) in [5.41, 5.74) is 9.94. The average molecular weight is 340 g/mol. The lowest BCUT2D eigenvalue weighted by molar-refractivity contribution is 0.100. The predicted molar refractivity (Wildman–Crippen MR) is 103 cm³/mol. The molecular weight excluding hydrogens is 324 g/mol. The summed E-state index contributed by atoms with van der Waals surface area (Å²) in [5, 5.41) is 10.3. The third-order valence-corrected chi connectivity index (χ3v) is 4.34. The molecule has 4 nitrogen and oxygen atoms in total. The van der Waals surface area contributed by atoms with Gasteiger partial charge in [0.25, 0.3) is 0 Å². The van der Waals surface area contributed by atoms with Crippen LogP contribution < -0.4 is 5.73 Å². The van der Waals surface area contributed by atoms with Crippen LogP contribution in [-0.4, -0.2) is 16.0 Å². The van der Waals surface area contributed by atoms with Crippen molar-refractivity contribution in [1.29, 1.82) is 0 Å². The SMILES string of the molecule is NC(=O)c1c(-c2ccc(O)cc2)c(-c2ccccc2)nc2ccccc12. The maximum absolute atomic E-state index is 12.4. The first-order valence-corrected chi connectivity index (χ1v) is 8.22. The van der Waals surface area contributed by atoms with Gasteiger partial charge in [-0.3, -0.25) is 4.79 Å². The van der Waals surface area contributed by atoms with Crippen molar-refractivity contribution in [2.24, 2.45) is 5.73 Å². The van der Waals surface area contributed by atoms with Gasteiger partial charge in [0.15, 0.2) is 0 Å². The van der Waals surface area contributed by atoms with Crippen LogP contribution in [0.4, 0.5) is 0 Å². The monoisotopic (exact) mass is 340 g/mol. The van der Waals surface area contributed by atoms with E-state index in [-0.39, 0.29) is 5.75 Å². The maximum atomic E-state index is 12.4. The summed E-state index contributed by atoms with van der Waals surface area (Å²) in [7, 11) is 0. The molecule has 0 aliphatic rings. The number of fused-ring (bicyclic) bond motifs is 1. The zero-order chi connectivity index (χ0) is 18.1. The number of pyridine rings is 1. The first kappa shape index (κ1) is 15.8. The lowest BCUT2D eigenvalue weighted by atomic mass is 9.91. The summed E-state index contributed by atoms with van der Waals surface area (Å²) in [6.45, 7) is 0. The number of hydrogen-bond donors (Lipinski definition) is 2. The number of hydrogen-bond acceptors (Lipinski definition) is 3. The molecule has 4 heteroatoms. The lowest BCUT2D eigenvalue weighted by Crippen LogP contribution is -2.14. The van der Waals surface area contributed by atoms with Gasteiger partial charge >= 0.3 is 0 Å². The number of nitrogens with two attached hydrogens (primary N) is 1. The van der Waals surface area contributed by atoms with Gasteiger partial charge < -0.3 is 10.8 Å². The van der Waals surface area contributed by atoms with Gasteiger partial charge in [0.1, 0.15) is 5.75 Å². The third-order valence-electron chi connectivity index (χ3n) is 4.34. The lowest BCUT2D eigenvalue weighted by Gasteiger charge is -2.16. The number of para-hydroxylation sites is 1. The van der Waals surface area contributed by atoms with E-state index in [0.717, 1.165) is 11.1 Å². The van der Waals surface area contributed by atoms with Gasteiger partial charge in [-0.15, -0.1) is 0 Å². The molecule has 1 aromatic heterocycles. The molecule has 0 bridgehead atoms. The van der Waals surface area contributed by atoms with Gasteiger partial charge in [-0.2, -0.15) is 0 Å². The molecule has 0 unspecified atom stereocenters. The molecule has 0 fully saturated rings. The molecule has 4 rings (SSSR count). The summed E-state index contributed by atoms with van der Waals surface area (Å²) in [4.78, 5) is 17.2. The van der Waals surface area contributed by atoms with Gasteiger partial charge in [-0.1, -0.05) is 60.7 Å². The van der Waals surface area contributed by atoms with Gasteiger partial charge in [0, 0.05) is 16.5 Å². The second-order valence-electron chi connectivity index (χ2n) is 6.00. The van der Waals surface area contributed by atoms with Gasteiger partial charge in [-0.05, 0) is 23.8 Å². The topological polar surface area (TPSA) is 76.2 Å². The van der Waals surface area contributed by atoms with Crippen LogP contribution in [0.25, 0.3) is 33.3 Å². The highest BCUT2D eigenvalue weighted by atomic mass is 16.3. The normalized spacial score (nSPS) is 10.8. The molecule has 4 aromatic rings. The van der Waals surface area contributed by atoms with Crippen LogP contribution in [-0.2, 0) is 0 Å². The average Bonchev–Trinajstić information content (AvgIpc) is 2.67. The van der Waals surface area contributed by atoms with Gasteiger partial charge in [0.2, 0.25) is 5.91 Å². The molecule has 0 aliphatic heterocycles. The van der Waals surface area contributed by atoms with Crippen LogP contribution in [0.1, 0.15) is 10.4 Å². The van der Waals surface area contributed by atoms with Crippen LogP contribution in [0, 0.1) is 0 Å². The van der Waals surface area contributed by atoms with Crippen LogP contribution in [0.2, 0.25) is 0 Å². The minimum absolute atomic E-state index is 0.157. The smallest absolute Gasteiger partial charge is 0.250 e. The highest BCUT2D eigenvalue weighted by Gasteiger charge is 2.21. The standard InChI is InChI=1S/C22H16N2O2/c23-22(26)20-17-8-4-5-9-18(17)24-21(15-6-2-1-3-7-15)19(20)14-10-12-16(25)13-11-14/h1-13,25H,(H2,23,26). The molecule has 3 aromatic carbocycles. The fraction of sp³-hybridized carbons (Fsp3) is 0. The van der Waals surface area contributed by atoms with E-state index in [9.17, 15) is 9.90 Å². The van der Waals surface area contributed by atoms with Crippen molar-refractivity contribution in [1.82, 2.24) is 4.98 Å². The largest absolute Gasteiger partial charge is 0.508 e. The molecule has 1 amide bonds. The Hall–Kier alpha value is -3.66. The van der Waals surface area contributed by atoms with Gasteiger partial charge in [-0.25, -0.2) is 4.98 Å². The molecule has 126 valence electrons. The van der Waals surface area contributed by atoms with Crippen molar-refractivity contribution in [3.8, 4) is 28.1 Å². The zero-order valence-electron chi connectivity index (χ0n) is 13.9. The van der Waals surface area contributed by atoms with E-state index in [1.807, 2.05) is 54.6 Å². The molecule has 0 spiro atoms. The first-order chi connectivity index (χ1) is 12.6. The Balaban J connectivity index is 2.16. The Bertz CT molecular complexity index is 1100. The molecule has 3 N–H and O–H groups in total. The molecular formula is C22H16N2O2. The summed E-state index contributed by atoms with van der Waals surface area (Å²) in [6, 6.07) is 23.9. The molecule has 0 aliphatic carbocycles. The zero-order valence-corrected chi connectivity index (χ0v) is 13.9. The Morgan fingerprint density at radius 2 is 1.46 bits per heavy atom. The number of aromatic nitrogens is 1. The van der Waals surface area contributed by atoms with E-state index in [0.29, 0.717) is 27.7 Å². The number of aromatic hydroxyl groups is 1. The Kier molecular flexibility index (Phi) is 3.86. The summed E-state index contributed by atoms with van der Waals surface area (Å²) >= 11 is 0. The maximum Gasteiger partial charge on any atom is 0.250 e. The van der Waals surface area contributed by atoms with Crippen molar-refractivity contribution < 1.29 is 9.90 Å². The van der Waals surface area contributed by atoms with Crippen molar-refractivity contribution >= 4 is 16.8 Å². The van der Waals surface area contributed by atoms with Crippen LogP contribution in [0.5, 0.6) is 5.75 Å². The minimum Gasteiger partial charge on any atom is -0.508 e. The molecule has 0 atom stereocenters. The van der Waals surface area contributed by atoms with Crippen LogP contribution in [0.15, 0.2) is 78.9 Å². The number of carbonyl (C=O) groups excluding carboxylic acids is 1. The molecule has 0 saturated carbocycles. The fourth-order valence-electron chi connectivity index (χ4n) is 3.18. The van der Waals surface area contributed by atoms with Crippen molar-refractivity contribution in [3.63, 3.8) is 0 Å². The Morgan fingerprint density at radius 1 is 0.808 bits per heavy atom. The molecule has 1 heterocycles. The number of benzene rings is 3. The third kappa shape index (κ3) is 2.67. The van der Waals surface area contributed by atoms with E-state index in [4.69, 9.17) is 10.7 Å². The number of nitrogens with zero attached hydrogens (tertiary/aromatic N) is 1. The second-order valence-corrected chi connectivity index (χ2v) is 6.00. The molecule has 0 radical (unpaired) electrons. The van der Waals surface area contributed by atoms with Gasteiger partial charge in [0.05, 0.1) is 16.8 Å². The summed E-state index contributed by atoms with van der Waals surface area (Å²) in [5.74, 6) is -0.353.